The smallest absolute Gasteiger partial charge is 0.306 e. The second kappa shape index (κ2) is 7.23. The number of carboxylic acid groups (broad SMARTS) is 1. The van der Waals surface area contributed by atoms with Crippen LogP contribution in [0.15, 0.2) is 24.3 Å². The number of nitrogens with zero attached hydrogens (tertiary/aromatic N) is 2. The summed E-state index contributed by atoms with van der Waals surface area (Å²) in [5, 5.41) is 8.88. The molecule has 2 saturated heterocycles. The minimum Gasteiger partial charge on any atom is -0.481 e. The van der Waals surface area contributed by atoms with Crippen LogP contribution in [0.25, 0.3) is 0 Å². The Kier molecular flexibility index (Phi) is 5.03. The Balaban J connectivity index is 1.65. The topological polar surface area (TPSA) is 87.2 Å². The summed E-state index contributed by atoms with van der Waals surface area (Å²) in [5.74, 6) is -2.06. The van der Waals surface area contributed by atoms with Crippen molar-refractivity contribution >= 4 is 23.5 Å². The summed E-state index contributed by atoms with van der Waals surface area (Å²) in [6, 6.07) is 7.65. The number of carboxylic acids is 1. The highest BCUT2D eigenvalue weighted by Gasteiger charge is 2.40. The van der Waals surface area contributed by atoms with E-state index < -0.39 is 18.0 Å². The second-order valence-corrected chi connectivity index (χ2v) is 6.54. The third-order valence-corrected chi connectivity index (χ3v) is 4.70. The third-order valence-electron chi connectivity index (χ3n) is 4.70. The van der Waals surface area contributed by atoms with Crippen molar-refractivity contribution < 1.29 is 24.2 Å². The molecule has 7 nitrogen and oxygen atoms in total. The van der Waals surface area contributed by atoms with Gasteiger partial charge in [-0.3, -0.25) is 14.4 Å². The molecule has 0 aromatic heterocycles. The molecule has 1 N–H and O–H groups in total. The van der Waals surface area contributed by atoms with Crippen LogP contribution in [-0.4, -0.2) is 60.1 Å². The predicted molar refractivity (Wildman–Crippen MR) is 90.2 cm³/mol. The van der Waals surface area contributed by atoms with E-state index in [4.69, 9.17) is 9.84 Å². The van der Waals surface area contributed by atoms with Crippen molar-refractivity contribution in [2.24, 2.45) is 5.92 Å². The molecule has 0 aliphatic carbocycles. The van der Waals surface area contributed by atoms with Gasteiger partial charge >= 0.3 is 5.97 Å². The lowest BCUT2D eigenvalue weighted by Crippen LogP contribution is -2.49. The maximum atomic E-state index is 12.7. The Bertz CT molecular complexity index is 673. The molecule has 0 spiro atoms. The molecule has 1 aromatic carbocycles. The van der Waals surface area contributed by atoms with E-state index in [0.29, 0.717) is 26.1 Å². The van der Waals surface area contributed by atoms with Gasteiger partial charge in [0.2, 0.25) is 11.8 Å². The van der Waals surface area contributed by atoms with E-state index >= 15 is 0 Å². The van der Waals surface area contributed by atoms with Crippen molar-refractivity contribution in [2.45, 2.75) is 25.9 Å². The highest BCUT2D eigenvalue weighted by Crippen LogP contribution is 2.27. The summed E-state index contributed by atoms with van der Waals surface area (Å²) < 4.78 is 5.39. The molecule has 2 aliphatic rings. The van der Waals surface area contributed by atoms with E-state index in [1.54, 1.807) is 9.80 Å². The maximum Gasteiger partial charge on any atom is 0.306 e. The molecule has 2 heterocycles. The number of aryl methyl sites for hydroxylation is 1. The first-order valence-corrected chi connectivity index (χ1v) is 8.46. The first-order valence-electron chi connectivity index (χ1n) is 8.46. The van der Waals surface area contributed by atoms with Gasteiger partial charge in [0.25, 0.3) is 0 Å². The summed E-state index contributed by atoms with van der Waals surface area (Å²) >= 11 is 0. The Morgan fingerprint density at radius 1 is 1.24 bits per heavy atom. The molecule has 3 rings (SSSR count). The van der Waals surface area contributed by atoms with Crippen LogP contribution < -0.4 is 4.90 Å². The lowest BCUT2D eigenvalue weighted by atomic mass is 10.1. The van der Waals surface area contributed by atoms with E-state index in [1.165, 1.54) is 0 Å². The lowest BCUT2D eigenvalue weighted by Gasteiger charge is -2.33. The van der Waals surface area contributed by atoms with E-state index in [0.717, 1.165) is 11.3 Å². The van der Waals surface area contributed by atoms with Gasteiger partial charge in [-0.1, -0.05) is 17.7 Å². The zero-order valence-corrected chi connectivity index (χ0v) is 14.2. The van der Waals surface area contributed by atoms with Crippen LogP contribution in [0.3, 0.4) is 0 Å². The predicted octanol–water partition coefficient (Wildman–Crippen LogP) is 1.05. The number of carbonyl (C=O) groups is 3. The van der Waals surface area contributed by atoms with Crippen LogP contribution >= 0.6 is 0 Å². The molecule has 2 amide bonds. The fourth-order valence-corrected chi connectivity index (χ4v) is 3.35. The normalized spacial score (nSPS) is 23.8. The molecule has 0 saturated carbocycles. The van der Waals surface area contributed by atoms with Crippen molar-refractivity contribution in [1.29, 1.82) is 0 Å². The van der Waals surface area contributed by atoms with Gasteiger partial charge in [-0.2, -0.15) is 0 Å². The molecule has 0 radical (unpaired) electrons. The van der Waals surface area contributed by atoms with Gasteiger partial charge < -0.3 is 19.6 Å². The van der Waals surface area contributed by atoms with Crippen LogP contribution in [0.5, 0.6) is 0 Å². The van der Waals surface area contributed by atoms with Gasteiger partial charge in [0.05, 0.1) is 19.1 Å². The summed E-state index contributed by atoms with van der Waals surface area (Å²) in [6.07, 6.45) is -0.176. The SMILES string of the molecule is Cc1ccc(N2CC[C@@H](C(=O)N3CCO[C@H](CC(=O)O)C3)C2=O)cc1. The average molecular weight is 346 g/mol. The zero-order chi connectivity index (χ0) is 18.0. The second-order valence-electron chi connectivity index (χ2n) is 6.54. The number of ether oxygens (including phenoxy) is 1. The number of carbonyl (C=O) groups excluding carboxylic acids is 2. The van der Waals surface area contributed by atoms with Gasteiger partial charge in [0, 0.05) is 25.3 Å². The van der Waals surface area contributed by atoms with Crippen molar-refractivity contribution in [3.63, 3.8) is 0 Å². The van der Waals surface area contributed by atoms with Crippen LogP contribution in [0, 0.1) is 12.8 Å². The Hall–Kier alpha value is -2.41. The van der Waals surface area contributed by atoms with Crippen LogP contribution in [-0.2, 0) is 19.1 Å². The van der Waals surface area contributed by atoms with Crippen LogP contribution in [0.4, 0.5) is 5.69 Å². The number of hydrogen-bond acceptors (Lipinski definition) is 4. The molecular formula is C18H22N2O5. The summed E-state index contributed by atoms with van der Waals surface area (Å²) in [7, 11) is 0. The monoisotopic (exact) mass is 346 g/mol. The molecule has 0 bridgehead atoms. The number of amides is 2. The lowest BCUT2D eigenvalue weighted by molar-refractivity contribution is -0.151. The molecule has 2 aliphatic heterocycles. The van der Waals surface area contributed by atoms with Gasteiger partial charge in [-0.05, 0) is 25.5 Å². The quantitative estimate of drug-likeness (QED) is 0.824. The van der Waals surface area contributed by atoms with Crippen molar-refractivity contribution in [3.05, 3.63) is 29.8 Å². The summed E-state index contributed by atoms with van der Waals surface area (Å²) in [4.78, 5) is 39.5. The van der Waals surface area contributed by atoms with Gasteiger partial charge in [0.15, 0.2) is 0 Å². The maximum absolute atomic E-state index is 12.7. The number of anilines is 1. The molecule has 7 heteroatoms. The molecule has 0 unspecified atom stereocenters. The Morgan fingerprint density at radius 2 is 1.96 bits per heavy atom. The van der Waals surface area contributed by atoms with Crippen molar-refractivity contribution in [2.75, 3.05) is 31.1 Å². The molecule has 134 valence electrons. The molecule has 1 aromatic rings. The minimum atomic E-state index is -0.957. The highest BCUT2D eigenvalue weighted by atomic mass is 16.5. The average Bonchev–Trinajstić information content (AvgIpc) is 2.96. The van der Waals surface area contributed by atoms with Gasteiger partial charge in [-0.25, -0.2) is 0 Å². The van der Waals surface area contributed by atoms with E-state index in [-0.39, 0.29) is 24.8 Å². The fraction of sp³-hybridized carbons (Fsp3) is 0.500. The largest absolute Gasteiger partial charge is 0.481 e. The number of morpholine rings is 1. The van der Waals surface area contributed by atoms with E-state index in [9.17, 15) is 14.4 Å². The van der Waals surface area contributed by atoms with Gasteiger partial charge in [-0.15, -0.1) is 0 Å². The standard InChI is InChI=1S/C18H22N2O5/c1-12-2-4-13(5-3-12)20-7-6-15(18(20)24)17(23)19-8-9-25-14(11-19)10-16(21)22/h2-5,14-15H,6-11H2,1H3,(H,21,22)/t14-,15+/m1/s1. The zero-order valence-electron chi connectivity index (χ0n) is 14.2. The minimum absolute atomic E-state index is 0.141. The van der Waals surface area contributed by atoms with E-state index in [2.05, 4.69) is 0 Å². The number of aliphatic carboxylic acids is 1. The van der Waals surface area contributed by atoms with Crippen molar-refractivity contribution in [1.82, 2.24) is 4.90 Å². The highest BCUT2D eigenvalue weighted by molar-refractivity contribution is 6.09. The molecule has 2 atom stereocenters. The first-order chi connectivity index (χ1) is 12.0. The van der Waals surface area contributed by atoms with Crippen LogP contribution in [0.1, 0.15) is 18.4 Å². The Morgan fingerprint density at radius 3 is 2.64 bits per heavy atom. The first kappa shape index (κ1) is 17.4. The fourth-order valence-electron chi connectivity index (χ4n) is 3.35. The van der Waals surface area contributed by atoms with Crippen LogP contribution in [0.2, 0.25) is 0 Å². The van der Waals surface area contributed by atoms with Crippen molar-refractivity contribution in [3.8, 4) is 0 Å². The third kappa shape index (κ3) is 3.82. The Labute approximate surface area is 146 Å². The molecular weight excluding hydrogens is 324 g/mol. The number of hydrogen-bond donors (Lipinski definition) is 1. The van der Waals surface area contributed by atoms with E-state index in [1.807, 2.05) is 31.2 Å². The number of benzene rings is 1. The number of rotatable bonds is 4. The van der Waals surface area contributed by atoms with Gasteiger partial charge in [0.1, 0.15) is 5.92 Å². The summed E-state index contributed by atoms with van der Waals surface area (Å²) in [5.41, 5.74) is 1.91. The molecule has 2 fully saturated rings. The molecule has 25 heavy (non-hydrogen) atoms. The summed E-state index contributed by atoms with van der Waals surface area (Å²) in [6.45, 7) is 3.41.